The molecule has 1 aliphatic heterocycles. The molecule has 166 valence electrons. The number of halogens is 1. The summed E-state index contributed by atoms with van der Waals surface area (Å²) in [7, 11) is 1.52. The maximum atomic E-state index is 12.5. The van der Waals surface area contributed by atoms with E-state index in [-0.39, 0.29) is 23.5 Å². The third-order valence-electron chi connectivity index (χ3n) is 4.92. The summed E-state index contributed by atoms with van der Waals surface area (Å²) in [5.41, 5.74) is 8.51. The van der Waals surface area contributed by atoms with Gasteiger partial charge in [0.2, 0.25) is 5.91 Å². The molecule has 3 aromatic rings. The Balaban J connectivity index is 1.79. The summed E-state index contributed by atoms with van der Waals surface area (Å²) in [5, 5.41) is 8.07. The van der Waals surface area contributed by atoms with E-state index in [0.717, 1.165) is 22.5 Å². The third kappa shape index (κ3) is 4.39. The Morgan fingerprint density at radius 3 is 2.84 bits per heavy atom. The van der Waals surface area contributed by atoms with Gasteiger partial charge in [-0.2, -0.15) is 5.10 Å². The molecule has 32 heavy (non-hydrogen) atoms. The van der Waals surface area contributed by atoms with Crippen molar-refractivity contribution in [3.63, 3.8) is 0 Å². The number of aryl methyl sites for hydroxylation is 1. The lowest BCUT2D eigenvalue weighted by atomic mass is 10.0. The Kier molecular flexibility index (Phi) is 6.29. The normalized spacial score (nSPS) is 15.5. The first-order valence-corrected chi connectivity index (χ1v) is 11.2. The number of nitrogens with one attached hydrogen (secondary N) is 1. The van der Waals surface area contributed by atoms with Gasteiger partial charge in [0.25, 0.3) is 5.91 Å². The predicted octanol–water partition coefficient (Wildman–Crippen LogP) is 3.48. The van der Waals surface area contributed by atoms with Crippen LogP contribution in [0.4, 0.5) is 5.82 Å². The van der Waals surface area contributed by atoms with Crippen LogP contribution in [0.3, 0.4) is 0 Å². The SMILES string of the molecule is COc1cc([C@@H]2SCC(=O)Nc3c2c(C)nn3-c2cccc(Cl)c2)ccc1OCC(N)=O. The Bertz CT molecular complexity index is 1200. The number of nitrogens with two attached hydrogens (primary N) is 1. The number of anilines is 1. The highest BCUT2D eigenvalue weighted by molar-refractivity contribution is 8.00. The highest BCUT2D eigenvalue weighted by Gasteiger charge is 2.31. The van der Waals surface area contributed by atoms with Crippen molar-refractivity contribution in [1.29, 1.82) is 0 Å². The van der Waals surface area contributed by atoms with Gasteiger partial charge in [-0.1, -0.05) is 23.7 Å². The van der Waals surface area contributed by atoms with Crippen LogP contribution in [-0.4, -0.2) is 41.1 Å². The summed E-state index contributed by atoms with van der Waals surface area (Å²) in [6.07, 6.45) is 0. The molecular formula is C22H21ClN4O4S. The summed E-state index contributed by atoms with van der Waals surface area (Å²) < 4.78 is 12.6. The van der Waals surface area contributed by atoms with Crippen LogP contribution in [0.2, 0.25) is 5.02 Å². The number of methoxy groups -OCH3 is 1. The first kappa shape index (κ1) is 22.0. The number of benzene rings is 2. The fourth-order valence-corrected chi connectivity index (χ4v) is 4.92. The van der Waals surface area contributed by atoms with Crippen molar-refractivity contribution >= 4 is 41.0 Å². The van der Waals surface area contributed by atoms with Crippen LogP contribution in [0.1, 0.15) is 22.1 Å². The van der Waals surface area contributed by atoms with E-state index >= 15 is 0 Å². The number of hydrogen-bond acceptors (Lipinski definition) is 6. The van der Waals surface area contributed by atoms with Gasteiger partial charge in [-0.05, 0) is 42.8 Å². The summed E-state index contributed by atoms with van der Waals surface area (Å²) >= 11 is 7.67. The van der Waals surface area contributed by atoms with Crippen LogP contribution in [0.15, 0.2) is 42.5 Å². The largest absolute Gasteiger partial charge is 0.493 e. The van der Waals surface area contributed by atoms with E-state index in [9.17, 15) is 9.59 Å². The van der Waals surface area contributed by atoms with Gasteiger partial charge in [0.05, 0.1) is 29.5 Å². The maximum absolute atomic E-state index is 12.5. The molecule has 0 unspecified atom stereocenters. The number of hydrogen-bond donors (Lipinski definition) is 2. The van der Waals surface area contributed by atoms with E-state index < -0.39 is 5.91 Å². The molecule has 1 aliphatic rings. The molecule has 1 atom stereocenters. The van der Waals surface area contributed by atoms with E-state index in [2.05, 4.69) is 10.4 Å². The molecule has 1 aromatic heterocycles. The van der Waals surface area contributed by atoms with Gasteiger partial charge in [0, 0.05) is 10.6 Å². The number of fused-ring (bicyclic) bond motifs is 1. The minimum absolute atomic E-state index is 0.115. The summed E-state index contributed by atoms with van der Waals surface area (Å²) in [6, 6.07) is 12.7. The lowest BCUT2D eigenvalue weighted by Gasteiger charge is -2.18. The van der Waals surface area contributed by atoms with Crippen molar-refractivity contribution in [1.82, 2.24) is 9.78 Å². The standard InChI is InChI=1S/C22H21ClN4O4S/c1-12-20-21(13-6-7-16(17(8-13)30-2)31-10-18(24)28)32-11-19(29)25-22(20)27(26-12)15-5-3-4-14(23)9-15/h3-9,21H,10-11H2,1-2H3,(H2,24,28)(H,25,29)/t21-/m0/s1. The van der Waals surface area contributed by atoms with Crippen LogP contribution in [0, 0.1) is 6.92 Å². The van der Waals surface area contributed by atoms with E-state index in [4.69, 9.17) is 26.8 Å². The maximum Gasteiger partial charge on any atom is 0.255 e. The second-order valence-electron chi connectivity index (χ2n) is 7.14. The number of carbonyl (C=O) groups is 2. The zero-order valence-corrected chi connectivity index (χ0v) is 19.0. The number of amides is 2. The first-order valence-electron chi connectivity index (χ1n) is 9.73. The summed E-state index contributed by atoms with van der Waals surface area (Å²) in [4.78, 5) is 23.6. The molecule has 0 radical (unpaired) electrons. The highest BCUT2D eigenvalue weighted by atomic mass is 35.5. The quantitative estimate of drug-likeness (QED) is 0.568. The van der Waals surface area contributed by atoms with E-state index in [1.54, 1.807) is 22.9 Å². The second-order valence-corrected chi connectivity index (χ2v) is 8.67. The molecular weight excluding hydrogens is 452 g/mol. The second kappa shape index (κ2) is 9.13. The molecule has 0 aliphatic carbocycles. The summed E-state index contributed by atoms with van der Waals surface area (Å²) in [5.74, 6) is 1.07. The van der Waals surface area contributed by atoms with Crippen LogP contribution in [0.25, 0.3) is 5.69 Å². The van der Waals surface area contributed by atoms with Crippen molar-refractivity contribution < 1.29 is 19.1 Å². The van der Waals surface area contributed by atoms with Gasteiger partial charge >= 0.3 is 0 Å². The van der Waals surface area contributed by atoms with Gasteiger partial charge in [-0.15, -0.1) is 11.8 Å². The Morgan fingerprint density at radius 1 is 1.31 bits per heavy atom. The van der Waals surface area contributed by atoms with Crippen LogP contribution < -0.4 is 20.5 Å². The molecule has 2 amide bonds. The molecule has 2 aromatic carbocycles. The average Bonchev–Trinajstić information content (AvgIpc) is 2.97. The van der Waals surface area contributed by atoms with Crippen molar-refractivity contribution in [3.05, 3.63) is 64.3 Å². The van der Waals surface area contributed by atoms with E-state index in [1.165, 1.54) is 18.9 Å². The van der Waals surface area contributed by atoms with Gasteiger partial charge in [0.15, 0.2) is 18.1 Å². The number of rotatable bonds is 6. The van der Waals surface area contributed by atoms with E-state index in [0.29, 0.717) is 22.3 Å². The third-order valence-corrected chi connectivity index (χ3v) is 6.43. The van der Waals surface area contributed by atoms with E-state index in [1.807, 2.05) is 31.2 Å². The number of carbonyl (C=O) groups excluding carboxylic acids is 2. The number of nitrogens with zero attached hydrogens (tertiary/aromatic N) is 2. The lowest BCUT2D eigenvalue weighted by molar-refractivity contribution is -0.120. The van der Waals surface area contributed by atoms with Crippen molar-refractivity contribution in [2.24, 2.45) is 5.73 Å². The van der Waals surface area contributed by atoms with Crippen LogP contribution in [-0.2, 0) is 9.59 Å². The van der Waals surface area contributed by atoms with Gasteiger partial charge in [-0.3, -0.25) is 9.59 Å². The molecule has 3 N–H and O–H groups in total. The molecule has 0 saturated carbocycles. The Labute approximate surface area is 194 Å². The topological polar surface area (TPSA) is 108 Å². The number of thioether (sulfide) groups is 1. The zero-order valence-electron chi connectivity index (χ0n) is 17.4. The highest BCUT2D eigenvalue weighted by Crippen LogP contribution is 2.45. The minimum Gasteiger partial charge on any atom is -0.493 e. The molecule has 0 saturated heterocycles. The number of primary amides is 1. The monoisotopic (exact) mass is 472 g/mol. The smallest absolute Gasteiger partial charge is 0.255 e. The molecule has 0 bridgehead atoms. The fraction of sp³-hybridized carbons (Fsp3) is 0.227. The lowest BCUT2D eigenvalue weighted by Crippen LogP contribution is -2.20. The molecule has 2 heterocycles. The van der Waals surface area contributed by atoms with Crippen molar-refractivity contribution in [2.75, 3.05) is 24.8 Å². The molecule has 10 heteroatoms. The van der Waals surface area contributed by atoms with Crippen LogP contribution >= 0.6 is 23.4 Å². The van der Waals surface area contributed by atoms with Crippen molar-refractivity contribution in [3.8, 4) is 17.2 Å². The molecule has 4 rings (SSSR count). The summed E-state index contributed by atoms with van der Waals surface area (Å²) in [6.45, 7) is 1.66. The molecule has 8 nitrogen and oxygen atoms in total. The van der Waals surface area contributed by atoms with Gasteiger partial charge in [-0.25, -0.2) is 4.68 Å². The number of aromatic nitrogens is 2. The van der Waals surface area contributed by atoms with Gasteiger partial charge in [0.1, 0.15) is 5.82 Å². The first-order chi connectivity index (χ1) is 15.4. The average molecular weight is 473 g/mol. The van der Waals surface area contributed by atoms with Crippen LogP contribution in [0.5, 0.6) is 11.5 Å². The number of ether oxygens (including phenoxy) is 2. The Morgan fingerprint density at radius 2 is 2.12 bits per heavy atom. The molecule has 0 fully saturated rings. The molecule has 0 spiro atoms. The zero-order chi connectivity index (χ0) is 22.8. The van der Waals surface area contributed by atoms with Gasteiger partial charge < -0.3 is 20.5 Å². The minimum atomic E-state index is -0.575. The Hall–Kier alpha value is -3.17. The fourth-order valence-electron chi connectivity index (χ4n) is 3.56. The van der Waals surface area contributed by atoms with Crippen molar-refractivity contribution in [2.45, 2.75) is 12.2 Å². The predicted molar refractivity (Wildman–Crippen MR) is 124 cm³/mol.